The van der Waals surface area contributed by atoms with E-state index in [1.165, 1.54) is 0 Å². The molecule has 4 rings (SSSR count). The monoisotopic (exact) mass is 422 g/mol. The molecule has 0 bridgehead atoms. The molecule has 31 heavy (non-hydrogen) atoms. The van der Waals surface area contributed by atoms with Crippen LogP contribution in [0.15, 0.2) is 42.5 Å². The number of hydrogen-bond acceptors (Lipinski definition) is 4. The van der Waals surface area contributed by atoms with Gasteiger partial charge in [0.05, 0.1) is 5.69 Å². The Balaban J connectivity index is 1.72. The van der Waals surface area contributed by atoms with E-state index < -0.39 is 17.7 Å². The van der Waals surface area contributed by atoms with Crippen molar-refractivity contribution in [3.05, 3.63) is 59.2 Å². The highest BCUT2D eigenvalue weighted by Gasteiger charge is 2.52. The highest BCUT2D eigenvalue weighted by Crippen LogP contribution is 2.40. The zero-order chi connectivity index (χ0) is 22.2. The van der Waals surface area contributed by atoms with Crippen LogP contribution in [0.1, 0.15) is 36.5 Å². The number of likely N-dealkylation sites (N-methyl/N-ethyl adjacent to an activating group) is 1. The summed E-state index contributed by atoms with van der Waals surface area (Å²) in [5.41, 5.74) is 1.12. The molecule has 0 radical (unpaired) electrons. The highest BCUT2D eigenvalue weighted by atomic mass is 16.3. The molecular formula is C24H30N4O3. The van der Waals surface area contributed by atoms with Crippen LogP contribution >= 0.6 is 0 Å². The number of para-hydroxylation sites is 1. The Labute approximate surface area is 183 Å². The molecule has 0 aliphatic carbocycles. The first-order chi connectivity index (χ1) is 14.9. The summed E-state index contributed by atoms with van der Waals surface area (Å²) in [6, 6.07) is 12.0. The Hall–Kier alpha value is -2.90. The van der Waals surface area contributed by atoms with Crippen LogP contribution in [0, 0.1) is 13.8 Å². The molecule has 0 aromatic heterocycles. The largest absolute Gasteiger partial charge is 0.359 e. The van der Waals surface area contributed by atoms with Gasteiger partial charge in [-0.25, -0.2) is 4.79 Å². The summed E-state index contributed by atoms with van der Waals surface area (Å²) in [6.07, 6.45) is 2.10. The van der Waals surface area contributed by atoms with Crippen molar-refractivity contribution in [1.82, 2.24) is 10.2 Å². The lowest BCUT2D eigenvalue weighted by Gasteiger charge is -2.43. The molecular weight excluding hydrogens is 392 g/mol. The average molecular weight is 423 g/mol. The van der Waals surface area contributed by atoms with Crippen molar-refractivity contribution in [3.8, 4) is 0 Å². The molecule has 0 spiro atoms. The minimum Gasteiger partial charge on any atom is -0.359 e. The molecule has 2 heterocycles. The molecule has 3 N–H and O–H groups in total. The van der Waals surface area contributed by atoms with Crippen molar-refractivity contribution < 1.29 is 14.7 Å². The molecule has 7 nitrogen and oxygen atoms in total. The molecule has 2 aromatic rings. The lowest BCUT2D eigenvalue weighted by Crippen LogP contribution is -2.63. The number of rotatable bonds is 5. The highest BCUT2D eigenvalue weighted by molar-refractivity contribution is 6.11. The van der Waals surface area contributed by atoms with E-state index in [0.29, 0.717) is 23.5 Å². The van der Waals surface area contributed by atoms with Crippen LogP contribution in [-0.4, -0.2) is 47.6 Å². The molecule has 7 heteroatoms. The van der Waals surface area contributed by atoms with Gasteiger partial charge in [-0.2, -0.15) is 0 Å². The van der Waals surface area contributed by atoms with Gasteiger partial charge in [-0.1, -0.05) is 31.2 Å². The van der Waals surface area contributed by atoms with Crippen LogP contribution in [0.4, 0.5) is 16.2 Å². The number of hydrogen-bond donors (Lipinski definition) is 3. The van der Waals surface area contributed by atoms with Gasteiger partial charge in [0, 0.05) is 23.8 Å². The zero-order valence-electron chi connectivity index (χ0n) is 18.3. The number of aliphatic hydroxyl groups is 1. The van der Waals surface area contributed by atoms with Gasteiger partial charge in [0.25, 0.3) is 11.6 Å². The number of carbonyl (C=O) groups excluding carboxylic acids is 2. The Kier molecular flexibility index (Phi) is 5.73. The quantitative estimate of drug-likeness (QED) is 0.691. The number of urea groups is 1. The number of likely N-dealkylation sites (tertiary alicyclic amines) is 1. The van der Waals surface area contributed by atoms with E-state index in [1.54, 1.807) is 30.3 Å². The van der Waals surface area contributed by atoms with Gasteiger partial charge in [-0.3, -0.25) is 14.6 Å². The molecule has 2 aliphatic rings. The summed E-state index contributed by atoms with van der Waals surface area (Å²) in [5, 5.41) is 17.6. The maximum atomic E-state index is 13.5. The first-order valence-corrected chi connectivity index (χ1v) is 10.9. The summed E-state index contributed by atoms with van der Waals surface area (Å²) in [7, 11) is 0. The van der Waals surface area contributed by atoms with E-state index in [0.717, 1.165) is 42.0 Å². The zero-order valence-corrected chi connectivity index (χ0v) is 18.3. The first-order valence-electron chi connectivity index (χ1n) is 10.9. The van der Waals surface area contributed by atoms with E-state index in [-0.39, 0.29) is 6.04 Å². The van der Waals surface area contributed by atoms with Gasteiger partial charge in [-0.05, 0) is 69.1 Å². The lowest BCUT2D eigenvalue weighted by atomic mass is 9.94. The third-order valence-electron chi connectivity index (χ3n) is 6.54. The van der Waals surface area contributed by atoms with Crippen molar-refractivity contribution in [2.75, 3.05) is 29.9 Å². The number of aryl methyl sites for hydroxylation is 2. The molecule has 2 atom stereocenters. The second-order valence-electron chi connectivity index (χ2n) is 8.39. The number of nitrogens with zero attached hydrogens (tertiary/aromatic N) is 2. The molecule has 2 aliphatic heterocycles. The van der Waals surface area contributed by atoms with Crippen LogP contribution in [0.25, 0.3) is 0 Å². The van der Waals surface area contributed by atoms with Crippen molar-refractivity contribution in [1.29, 1.82) is 0 Å². The maximum absolute atomic E-state index is 13.5. The maximum Gasteiger partial charge on any atom is 0.329 e. The second-order valence-corrected chi connectivity index (χ2v) is 8.39. The van der Waals surface area contributed by atoms with E-state index in [9.17, 15) is 14.7 Å². The third-order valence-corrected chi connectivity index (χ3v) is 6.54. The fourth-order valence-electron chi connectivity index (χ4n) is 4.60. The number of carbonyl (C=O) groups is 2. The first kappa shape index (κ1) is 21.3. The number of nitrogens with one attached hydrogen (secondary N) is 2. The van der Waals surface area contributed by atoms with E-state index in [4.69, 9.17) is 0 Å². The van der Waals surface area contributed by atoms with Crippen LogP contribution in [0.5, 0.6) is 0 Å². The summed E-state index contributed by atoms with van der Waals surface area (Å²) in [4.78, 5) is 30.1. The standard InChI is InChI=1S/C24H30N4O3/c1-4-27-13-7-8-19(27)15-25-22(29)24(31)20-9-5-6-10-21(20)26-23(30)28(24)18-12-11-16(2)17(3)14-18/h5-6,9-12,14,19,31H,4,7-8,13,15H2,1-3H3,(H,25,29)(H,26,30). The molecule has 2 aromatic carbocycles. The minimum absolute atomic E-state index is 0.236. The summed E-state index contributed by atoms with van der Waals surface area (Å²) in [6.45, 7) is 8.39. The third kappa shape index (κ3) is 3.68. The molecule has 1 fully saturated rings. The predicted octanol–water partition coefficient (Wildman–Crippen LogP) is 3.10. The van der Waals surface area contributed by atoms with Crippen LogP contribution < -0.4 is 15.5 Å². The van der Waals surface area contributed by atoms with Gasteiger partial charge in [0.2, 0.25) is 0 Å². The molecule has 2 unspecified atom stereocenters. The van der Waals surface area contributed by atoms with E-state index >= 15 is 0 Å². The van der Waals surface area contributed by atoms with Gasteiger partial charge < -0.3 is 15.7 Å². The van der Waals surface area contributed by atoms with E-state index in [1.807, 2.05) is 26.0 Å². The van der Waals surface area contributed by atoms with Crippen molar-refractivity contribution >= 4 is 23.3 Å². The summed E-state index contributed by atoms with van der Waals surface area (Å²) in [5.74, 6) is -0.601. The lowest BCUT2D eigenvalue weighted by molar-refractivity contribution is -0.140. The van der Waals surface area contributed by atoms with Crippen LogP contribution in [0.3, 0.4) is 0 Å². The van der Waals surface area contributed by atoms with Gasteiger partial charge in [0.1, 0.15) is 0 Å². The second kappa shape index (κ2) is 8.32. The fraction of sp³-hybridized carbons (Fsp3) is 0.417. The van der Waals surface area contributed by atoms with Gasteiger partial charge in [-0.15, -0.1) is 0 Å². The summed E-state index contributed by atoms with van der Waals surface area (Å²) < 4.78 is 0. The average Bonchev–Trinajstić information content (AvgIpc) is 3.22. The summed E-state index contributed by atoms with van der Waals surface area (Å²) >= 11 is 0. The number of anilines is 2. The van der Waals surface area contributed by atoms with E-state index in [2.05, 4.69) is 22.5 Å². The Morgan fingerprint density at radius 2 is 2.00 bits per heavy atom. The number of fused-ring (bicyclic) bond motifs is 1. The SMILES string of the molecule is CCN1CCCC1CNC(=O)C1(O)c2ccccc2NC(=O)N1c1ccc(C)c(C)c1. The number of amides is 3. The topological polar surface area (TPSA) is 84.9 Å². The Morgan fingerprint density at radius 3 is 2.74 bits per heavy atom. The molecule has 164 valence electrons. The molecule has 0 saturated carbocycles. The van der Waals surface area contributed by atoms with Crippen molar-refractivity contribution in [3.63, 3.8) is 0 Å². The minimum atomic E-state index is -2.16. The molecule has 3 amide bonds. The Morgan fingerprint density at radius 1 is 1.23 bits per heavy atom. The normalized spacial score (nSPS) is 23.4. The fourth-order valence-corrected chi connectivity index (χ4v) is 4.60. The number of benzene rings is 2. The van der Waals surface area contributed by atoms with Crippen LogP contribution in [-0.2, 0) is 10.5 Å². The predicted molar refractivity (Wildman–Crippen MR) is 121 cm³/mol. The smallest absolute Gasteiger partial charge is 0.329 e. The Bertz CT molecular complexity index is 1010. The molecule has 1 saturated heterocycles. The van der Waals surface area contributed by atoms with Crippen molar-refractivity contribution in [2.45, 2.75) is 45.4 Å². The van der Waals surface area contributed by atoms with Gasteiger partial charge in [0.15, 0.2) is 0 Å². The van der Waals surface area contributed by atoms with Gasteiger partial charge >= 0.3 is 6.03 Å². The van der Waals surface area contributed by atoms with Crippen LogP contribution in [0.2, 0.25) is 0 Å². The van der Waals surface area contributed by atoms with Crippen molar-refractivity contribution in [2.24, 2.45) is 0 Å².